The van der Waals surface area contributed by atoms with Crippen LogP contribution in [-0.2, 0) is 19.2 Å². The zero-order valence-corrected chi connectivity index (χ0v) is 9.68. The second-order valence-corrected chi connectivity index (χ2v) is 4.51. The summed E-state index contributed by atoms with van der Waals surface area (Å²) in [7, 11) is 0. The summed E-state index contributed by atoms with van der Waals surface area (Å²) in [6, 6.07) is 0. The number of imide groups is 2. The molecule has 0 aromatic rings. The molecule has 4 amide bonds. The number of carbonyl (C=O) groups excluding carboxylic acids is 4. The normalized spacial score (nSPS) is 20.1. The number of carbonyl (C=O) groups is 4. The lowest BCUT2D eigenvalue weighted by atomic mass is 10.3. The first kappa shape index (κ1) is 11.6. The van der Waals surface area contributed by atoms with E-state index < -0.39 is 28.6 Å². The molecule has 0 aliphatic carbocycles. The molecule has 0 unspecified atom stereocenters. The summed E-state index contributed by atoms with van der Waals surface area (Å²) in [4.78, 5) is 45.9. The van der Waals surface area contributed by atoms with Crippen LogP contribution in [0.3, 0.4) is 0 Å². The molecule has 0 atom stereocenters. The quantitative estimate of drug-likeness (QED) is 0.528. The van der Waals surface area contributed by atoms with Gasteiger partial charge in [0.2, 0.25) is 0 Å². The summed E-state index contributed by atoms with van der Waals surface area (Å²) in [6.45, 7) is 1.34. The van der Waals surface area contributed by atoms with Crippen LogP contribution < -0.4 is 0 Å². The Labute approximate surface area is 102 Å². The van der Waals surface area contributed by atoms with E-state index >= 15 is 0 Å². The molecule has 7 heteroatoms. The van der Waals surface area contributed by atoms with Crippen LogP contribution in [0.2, 0.25) is 0 Å². The molecule has 0 saturated carbocycles. The smallest absolute Gasteiger partial charge is 0.256 e. The molecule has 0 aromatic heterocycles. The van der Waals surface area contributed by atoms with E-state index in [1.165, 1.54) is 6.92 Å². The minimum atomic E-state index is -1.62. The predicted octanol–water partition coefficient (Wildman–Crippen LogP) is -0.560. The van der Waals surface area contributed by atoms with E-state index in [0.717, 1.165) is 34.1 Å². The van der Waals surface area contributed by atoms with E-state index in [1.807, 2.05) is 0 Å². The van der Waals surface area contributed by atoms with Crippen molar-refractivity contribution in [1.29, 1.82) is 0 Å². The molecule has 2 aliphatic heterocycles. The van der Waals surface area contributed by atoms with Crippen molar-refractivity contribution in [2.75, 3.05) is 0 Å². The lowest BCUT2D eigenvalue weighted by Gasteiger charge is -2.38. The van der Waals surface area contributed by atoms with Crippen molar-refractivity contribution < 1.29 is 19.2 Å². The summed E-state index contributed by atoms with van der Waals surface area (Å²) in [5.74, 6) is -2.44. The lowest BCUT2D eigenvalue weighted by molar-refractivity contribution is -0.153. The Morgan fingerprint density at radius 1 is 0.824 bits per heavy atom. The lowest BCUT2D eigenvalue weighted by Crippen LogP contribution is -2.59. The van der Waals surface area contributed by atoms with Crippen molar-refractivity contribution in [2.24, 2.45) is 0 Å². The average molecular weight is 252 g/mol. The zero-order chi connectivity index (χ0) is 12.8. The molecule has 0 fully saturated rings. The largest absolute Gasteiger partial charge is 0.269 e. The third kappa shape index (κ3) is 1.59. The fraction of sp³-hybridized carbons (Fsp3) is 0.200. The molecule has 0 spiro atoms. The maximum absolute atomic E-state index is 11.5. The predicted molar refractivity (Wildman–Crippen MR) is 59.4 cm³/mol. The highest BCUT2D eigenvalue weighted by molar-refractivity contribution is 7.81. The highest BCUT2D eigenvalue weighted by atomic mass is 32.1. The van der Waals surface area contributed by atoms with Gasteiger partial charge in [-0.3, -0.25) is 19.2 Å². The van der Waals surface area contributed by atoms with Crippen LogP contribution in [0.1, 0.15) is 6.92 Å². The molecule has 2 rings (SSSR count). The Morgan fingerprint density at radius 2 is 1.06 bits per heavy atom. The van der Waals surface area contributed by atoms with Gasteiger partial charge in [0.05, 0.1) is 0 Å². The highest BCUT2D eigenvalue weighted by Crippen LogP contribution is 2.30. The van der Waals surface area contributed by atoms with E-state index in [9.17, 15) is 19.2 Å². The zero-order valence-electron chi connectivity index (χ0n) is 8.78. The standard InChI is InChI=1S/C10H8N2O4S/c1-10(17,11-6(13)2-3-7(11)14)12-8(15)4-5-9(12)16/h2-5,17H,1H3. The van der Waals surface area contributed by atoms with Crippen molar-refractivity contribution in [3.8, 4) is 0 Å². The van der Waals surface area contributed by atoms with Gasteiger partial charge in [-0.25, -0.2) is 9.80 Å². The average Bonchev–Trinajstić information content (AvgIpc) is 2.71. The summed E-state index contributed by atoms with van der Waals surface area (Å²) in [6.07, 6.45) is 4.26. The molecule has 0 N–H and O–H groups in total. The molecule has 2 aliphatic rings. The van der Waals surface area contributed by atoms with Crippen LogP contribution in [0, 0.1) is 0 Å². The fourth-order valence-electron chi connectivity index (χ4n) is 1.74. The molecule has 0 bridgehead atoms. The van der Waals surface area contributed by atoms with Gasteiger partial charge in [0.25, 0.3) is 23.6 Å². The van der Waals surface area contributed by atoms with Crippen LogP contribution in [0.15, 0.2) is 24.3 Å². The van der Waals surface area contributed by atoms with Gasteiger partial charge in [-0.05, 0) is 6.92 Å². The van der Waals surface area contributed by atoms with Crippen LogP contribution in [-0.4, -0.2) is 38.4 Å². The van der Waals surface area contributed by atoms with Gasteiger partial charge in [0.15, 0.2) is 4.99 Å². The molecule has 0 radical (unpaired) electrons. The van der Waals surface area contributed by atoms with Gasteiger partial charge in [0.1, 0.15) is 0 Å². The first-order valence-electron chi connectivity index (χ1n) is 4.70. The SMILES string of the molecule is CC(S)(N1C(=O)C=CC1=O)N1C(=O)C=CC1=O. The van der Waals surface area contributed by atoms with Crippen LogP contribution >= 0.6 is 12.6 Å². The van der Waals surface area contributed by atoms with E-state index in [4.69, 9.17) is 0 Å². The number of hydrogen-bond acceptors (Lipinski definition) is 5. The Morgan fingerprint density at radius 3 is 1.29 bits per heavy atom. The van der Waals surface area contributed by atoms with Crippen LogP contribution in [0.25, 0.3) is 0 Å². The molecule has 0 aromatic carbocycles. The minimum absolute atomic E-state index is 0.611. The second kappa shape index (κ2) is 3.56. The number of nitrogens with zero attached hydrogens (tertiary/aromatic N) is 2. The van der Waals surface area contributed by atoms with Crippen molar-refractivity contribution in [3.05, 3.63) is 24.3 Å². The molecule has 6 nitrogen and oxygen atoms in total. The Hall–Kier alpha value is -1.89. The Kier molecular flexibility index (Phi) is 2.43. The summed E-state index contributed by atoms with van der Waals surface area (Å²) >= 11 is 4.10. The third-order valence-corrected chi connectivity index (χ3v) is 2.87. The monoisotopic (exact) mass is 252 g/mol. The molecule has 17 heavy (non-hydrogen) atoms. The number of thiol groups is 1. The Bertz CT molecular complexity index is 426. The first-order valence-corrected chi connectivity index (χ1v) is 5.15. The Balaban J connectivity index is 2.37. The van der Waals surface area contributed by atoms with Crippen molar-refractivity contribution in [2.45, 2.75) is 11.9 Å². The van der Waals surface area contributed by atoms with Gasteiger partial charge >= 0.3 is 0 Å². The van der Waals surface area contributed by atoms with Crippen LogP contribution in [0.4, 0.5) is 0 Å². The molecule has 2 heterocycles. The van der Waals surface area contributed by atoms with Gasteiger partial charge < -0.3 is 0 Å². The molecule has 88 valence electrons. The third-order valence-electron chi connectivity index (χ3n) is 2.47. The van der Waals surface area contributed by atoms with Gasteiger partial charge in [-0.2, -0.15) is 0 Å². The maximum Gasteiger partial charge on any atom is 0.256 e. The number of rotatable bonds is 2. The summed E-state index contributed by atoms with van der Waals surface area (Å²) < 4.78 is 0. The van der Waals surface area contributed by atoms with E-state index in [-0.39, 0.29) is 0 Å². The van der Waals surface area contributed by atoms with Crippen molar-refractivity contribution >= 4 is 36.3 Å². The number of hydrogen-bond donors (Lipinski definition) is 1. The first-order chi connectivity index (χ1) is 7.85. The fourth-order valence-corrected chi connectivity index (χ4v) is 2.13. The summed E-state index contributed by atoms with van der Waals surface area (Å²) in [5, 5.41) is 0. The molecular weight excluding hydrogens is 244 g/mol. The maximum atomic E-state index is 11.5. The van der Waals surface area contributed by atoms with Crippen LogP contribution in [0.5, 0.6) is 0 Å². The van der Waals surface area contributed by atoms with Gasteiger partial charge in [0, 0.05) is 24.3 Å². The van der Waals surface area contributed by atoms with Crippen molar-refractivity contribution in [3.63, 3.8) is 0 Å². The van der Waals surface area contributed by atoms with E-state index in [2.05, 4.69) is 12.6 Å². The minimum Gasteiger partial charge on any atom is -0.269 e. The molecular formula is C10H8N2O4S. The van der Waals surface area contributed by atoms with Crippen molar-refractivity contribution in [1.82, 2.24) is 9.80 Å². The summed E-state index contributed by atoms with van der Waals surface area (Å²) in [5.41, 5.74) is 0. The highest BCUT2D eigenvalue weighted by Gasteiger charge is 2.47. The second-order valence-electron chi connectivity index (χ2n) is 3.66. The number of amides is 4. The molecule has 0 saturated heterocycles. The topological polar surface area (TPSA) is 74.8 Å². The van der Waals surface area contributed by atoms with Gasteiger partial charge in [-0.1, -0.05) is 0 Å². The van der Waals surface area contributed by atoms with E-state index in [1.54, 1.807) is 0 Å². The van der Waals surface area contributed by atoms with E-state index in [0.29, 0.717) is 0 Å². The van der Waals surface area contributed by atoms with Gasteiger partial charge in [-0.15, -0.1) is 12.6 Å².